The fraction of sp³-hybridized carbons (Fsp3) is 0.136. The predicted molar refractivity (Wildman–Crippen MR) is 115 cm³/mol. The molecule has 0 atom stereocenters. The van der Waals surface area contributed by atoms with Gasteiger partial charge in [0.2, 0.25) is 0 Å². The molecule has 2 aromatic carbocycles. The van der Waals surface area contributed by atoms with Crippen molar-refractivity contribution < 1.29 is 9.59 Å². The highest BCUT2D eigenvalue weighted by atomic mass is 32.1. The number of anilines is 1. The fourth-order valence-electron chi connectivity index (χ4n) is 3.44. The van der Waals surface area contributed by atoms with Crippen LogP contribution < -0.4 is 10.2 Å². The van der Waals surface area contributed by atoms with E-state index >= 15 is 0 Å². The molecule has 5 nitrogen and oxygen atoms in total. The molecule has 140 valence electrons. The summed E-state index contributed by atoms with van der Waals surface area (Å²) in [6.45, 7) is 2.98. The zero-order valence-electron chi connectivity index (χ0n) is 15.4. The Kier molecular flexibility index (Phi) is 4.79. The normalized spacial score (nSPS) is 16.1. The van der Waals surface area contributed by atoms with Crippen LogP contribution in [0.25, 0.3) is 17.0 Å². The molecule has 2 amide bonds. The van der Waals surface area contributed by atoms with E-state index in [0.717, 1.165) is 29.4 Å². The first-order valence-corrected chi connectivity index (χ1v) is 9.55. The van der Waals surface area contributed by atoms with Crippen LogP contribution >= 0.6 is 12.2 Å². The van der Waals surface area contributed by atoms with Gasteiger partial charge in [-0.05, 0) is 42.9 Å². The number of hydrogen-bond donors (Lipinski definition) is 1. The van der Waals surface area contributed by atoms with E-state index < -0.39 is 11.8 Å². The molecule has 0 bridgehead atoms. The minimum Gasteiger partial charge on any atom is -0.347 e. The smallest absolute Gasteiger partial charge is 0.270 e. The molecule has 4 rings (SSSR count). The Morgan fingerprint density at radius 3 is 2.50 bits per heavy atom. The van der Waals surface area contributed by atoms with Gasteiger partial charge in [0, 0.05) is 29.2 Å². The van der Waals surface area contributed by atoms with E-state index in [2.05, 4.69) is 16.8 Å². The molecule has 1 saturated heterocycles. The van der Waals surface area contributed by atoms with Crippen LogP contribution in [0.5, 0.6) is 0 Å². The number of fused-ring (bicyclic) bond motifs is 1. The van der Waals surface area contributed by atoms with Gasteiger partial charge in [0.05, 0.1) is 5.69 Å². The van der Waals surface area contributed by atoms with Gasteiger partial charge in [-0.25, -0.2) is 0 Å². The second kappa shape index (κ2) is 7.40. The molecule has 0 saturated carbocycles. The lowest BCUT2D eigenvalue weighted by atomic mass is 10.1. The van der Waals surface area contributed by atoms with Crippen molar-refractivity contribution in [2.24, 2.45) is 0 Å². The van der Waals surface area contributed by atoms with E-state index in [9.17, 15) is 9.59 Å². The van der Waals surface area contributed by atoms with Crippen LogP contribution in [0.15, 0.2) is 66.4 Å². The molecule has 0 spiro atoms. The third-order valence-corrected chi connectivity index (χ3v) is 4.98. The van der Waals surface area contributed by atoms with Crippen molar-refractivity contribution in [3.05, 3.63) is 71.9 Å². The van der Waals surface area contributed by atoms with E-state index in [1.807, 2.05) is 48.7 Å². The number of nitrogens with one attached hydrogen (secondary N) is 1. The van der Waals surface area contributed by atoms with Gasteiger partial charge in [0.15, 0.2) is 5.11 Å². The highest BCUT2D eigenvalue weighted by molar-refractivity contribution is 7.80. The Bertz CT molecular complexity index is 1120. The number of para-hydroxylation sites is 2. The number of benzene rings is 2. The van der Waals surface area contributed by atoms with Gasteiger partial charge in [0.25, 0.3) is 11.8 Å². The third kappa shape index (κ3) is 3.12. The summed E-state index contributed by atoms with van der Waals surface area (Å²) < 4.78 is 2.15. The largest absolute Gasteiger partial charge is 0.347 e. The first-order valence-electron chi connectivity index (χ1n) is 9.14. The standard InChI is InChI=1S/C22H19N3O2S/c1-2-12-24-14-15(17-10-6-7-11-19(17)24)13-18-20(26)23-22(28)25(21(18)27)16-8-4-3-5-9-16/h3-11,13-14H,2,12H2,1H3,(H,23,26,28)/b18-13-. The maximum absolute atomic E-state index is 13.1. The van der Waals surface area contributed by atoms with Crippen molar-refractivity contribution in [1.29, 1.82) is 0 Å². The number of thiocarbonyl (C=S) groups is 1. The van der Waals surface area contributed by atoms with Crippen molar-refractivity contribution in [3.63, 3.8) is 0 Å². The molecule has 0 unspecified atom stereocenters. The number of nitrogens with zero attached hydrogens (tertiary/aromatic N) is 2. The zero-order chi connectivity index (χ0) is 19.7. The van der Waals surface area contributed by atoms with Crippen molar-refractivity contribution >= 4 is 51.8 Å². The molecule has 6 heteroatoms. The number of rotatable bonds is 4. The molecule has 28 heavy (non-hydrogen) atoms. The predicted octanol–water partition coefficient (Wildman–Crippen LogP) is 3.88. The molecule has 3 aromatic rings. The first kappa shape index (κ1) is 18.1. The van der Waals surface area contributed by atoms with Crippen LogP contribution in [-0.4, -0.2) is 21.5 Å². The Balaban J connectivity index is 1.81. The van der Waals surface area contributed by atoms with Crippen molar-refractivity contribution in [3.8, 4) is 0 Å². The second-order valence-corrected chi connectivity index (χ2v) is 6.98. The minimum absolute atomic E-state index is 0.0665. The zero-order valence-corrected chi connectivity index (χ0v) is 16.2. The maximum Gasteiger partial charge on any atom is 0.270 e. The van der Waals surface area contributed by atoms with Crippen molar-refractivity contribution in [1.82, 2.24) is 9.88 Å². The Morgan fingerprint density at radius 2 is 1.75 bits per heavy atom. The quantitative estimate of drug-likeness (QED) is 0.419. The lowest BCUT2D eigenvalue weighted by Crippen LogP contribution is -2.54. The Morgan fingerprint density at radius 1 is 1.04 bits per heavy atom. The highest BCUT2D eigenvalue weighted by Gasteiger charge is 2.34. The number of aryl methyl sites for hydroxylation is 1. The number of aromatic nitrogens is 1. The maximum atomic E-state index is 13.1. The van der Waals surface area contributed by atoms with Gasteiger partial charge >= 0.3 is 0 Å². The van der Waals surface area contributed by atoms with Crippen LogP contribution in [0.3, 0.4) is 0 Å². The van der Waals surface area contributed by atoms with Gasteiger partial charge in [-0.15, -0.1) is 0 Å². The number of amides is 2. The molecule has 1 aliphatic heterocycles. The summed E-state index contributed by atoms with van der Waals surface area (Å²) in [5.41, 5.74) is 2.60. The van der Waals surface area contributed by atoms with E-state index in [-0.39, 0.29) is 10.7 Å². The van der Waals surface area contributed by atoms with Gasteiger partial charge in [-0.1, -0.05) is 43.3 Å². The topological polar surface area (TPSA) is 54.3 Å². The molecule has 2 heterocycles. The first-order chi connectivity index (χ1) is 13.6. The van der Waals surface area contributed by atoms with Crippen LogP contribution in [0, 0.1) is 0 Å². The lowest BCUT2D eigenvalue weighted by molar-refractivity contribution is -0.122. The van der Waals surface area contributed by atoms with Crippen molar-refractivity contribution in [2.75, 3.05) is 4.90 Å². The molecule has 1 aromatic heterocycles. The molecule has 1 N–H and O–H groups in total. The second-order valence-electron chi connectivity index (χ2n) is 6.59. The van der Waals surface area contributed by atoms with Gasteiger partial charge in [-0.2, -0.15) is 0 Å². The number of hydrogen-bond acceptors (Lipinski definition) is 3. The molecule has 1 aliphatic rings. The summed E-state index contributed by atoms with van der Waals surface area (Å²) in [5.74, 6) is -0.901. The molecular formula is C22H19N3O2S. The van der Waals surface area contributed by atoms with E-state index in [1.54, 1.807) is 18.2 Å². The number of carbonyl (C=O) groups excluding carboxylic acids is 2. The lowest BCUT2D eigenvalue weighted by Gasteiger charge is -2.28. The minimum atomic E-state index is -0.477. The summed E-state index contributed by atoms with van der Waals surface area (Å²) in [7, 11) is 0. The van der Waals surface area contributed by atoms with Crippen LogP contribution in [-0.2, 0) is 16.1 Å². The monoisotopic (exact) mass is 389 g/mol. The summed E-state index contributed by atoms with van der Waals surface area (Å²) in [6, 6.07) is 17.1. The average molecular weight is 389 g/mol. The summed E-state index contributed by atoms with van der Waals surface area (Å²) in [4.78, 5) is 27.0. The van der Waals surface area contributed by atoms with Gasteiger partial charge < -0.3 is 4.57 Å². The highest BCUT2D eigenvalue weighted by Crippen LogP contribution is 2.26. The van der Waals surface area contributed by atoms with Gasteiger partial charge in [0.1, 0.15) is 5.57 Å². The van der Waals surface area contributed by atoms with E-state index in [0.29, 0.717) is 5.69 Å². The van der Waals surface area contributed by atoms with Gasteiger partial charge in [-0.3, -0.25) is 19.8 Å². The third-order valence-electron chi connectivity index (χ3n) is 4.70. The summed E-state index contributed by atoms with van der Waals surface area (Å²) in [5, 5.41) is 3.72. The van der Waals surface area contributed by atoms with Crippen molar-refractivity contribution in [2.45, 2.75) is 19.9 Å². The average Bonchev–Trinajstić information content (AvgIpc) is 3.04. The van der Waals surface area contributed by atoms with Crippen LogP contribution in [0.2, 0.25) is 0 Å². The molecule has 0 radical (unpaired) electrons. The van der Waals surface area contributed by atoms with E-state index in [1.165, 1.54) is 4.90 Å². The SMILES string of the molecule is CCCn1cc(/C=C2/C(=O)NC(=S)N(c3ccccc3)C2=O)c2ccccc21. The summed E-state index contributed by atoms with van der Waals surface area (Å²) >= 11 is 5.24. The molecule has 0 aliphatic carbocycles. The van der Waals surface area contributed by atoms with Crippen LogP contribution in [0.1, 0.15) is 18.9 Å². The van der Waals surface area contributed by atoms with Crippen LogP contribution in [0.4, 0.5) is 5.69 Å². The fourth-order valence-corrected chi connectivity index (χ4v) is 3.72. The molecule has 1 fully saturated rings. The Hall–Kier alpha value is -3.25. The molecular weight excluding hydrogens is 370 g/mol. The Labute approximate surface area is 168 Å². The number of carbonyl (C=O) groups is 2. The van der Waals surface area contributed by atoms with E-state index in [4.69, 9.17) is 12.2 Å². The summed E-state index contributed by atoms with van der Waals surface area (Å²) in [6.07, 6.45) is 4.63.